The first-order valence-corrected chi connectivity index (χ1v) is 7.06. The summed E-state index contributed by atoms with van der Waals surface area (Å²) in [5.74, 6) is 0.857. The lowest BCUT2D eigenvalue weighted by Gasteiger charge is -2.31. The molecule has 2 N–H and O–H groups in total. The lowest BCUT2D eigenvalue weighted by molar-refractivity contribution is -0.147. The molecule has 0 aromatic carbocycles. The first-order chi connectivity index (χ1) is 9.60. The Kier molecular flexibility index (Phi) is 4.82. The number of carbonyl (C=O) groups is 1. The molecule has 0 bridgehead atoms. The van der Waals surface area contributed by atoms with Crippen LogP contribution in [-0.2, 0) is 9.53 Å². The van der Waals surface area contributed by atoms with E-state index in [-0.39, 0.29) is 18.0 Å². The molecule has 5 heteroatoms. The molecule has 5 nitrogen and oxygen atoms in total. The van der Waals surface area contributed by atoms with E-state index in [0.717, 1.165) is 25.7 Å². The van der Waals surface area contributed by atoms with Crippen molar-refractivity contribution in [2.24, 2.45) is 11.8 Å². The third-order valence-electron chi connectivity index (χ3n) is 4.05. The molecule has 20 heavy (non-hydrogen) atoms. The number of rotatable bonds is 4. The second-order valence-corrected chi connectivity index (χ2v) is 5.40. The van der Waals surface area contributed by atoms with Crippen LogP contribution in [0.5, 0.6) is 5.88 Å². The fraction of sp³-hybridized carbons (Fsp3) is 0.600. The summed E-state index contributed by atoms with van der Waals surface area (Å²) in [4.78, 5) is 15.7. The van der Waals surface area contributed by atoms with Crippen LogP contribution in [0.4, 0.5) is 5.69 Å². The fourth-order valence-corrected chi connectivity index (χ4v) is 2.72. The van der Waals surface area contributed by atoms with Gasteiger partial charge in [0.15, 0.2) is 0 Å². The van der Waals surface area contributed by atoms with Gasteiger partial charge in [-0.05, 0) is 37.7 Å². The highest BCUT2D eigenvalue weighted by Gasteiger charge is 2.30. The normalized spacial score (nSPS) is 23.9. The lowest BCUT2D eigenvalue weighted by Crippen LogP contribution is -2.30. The molecular formula is C15H22N2O3. The summed E-state index contributed by atoms with van der Waals surface area (Å²) in [5.41, 5.74) is 6.22. The van der Waals surface area contributed by atoms with E-state index >= 15 is 0 Å². The quantitative estimate of drug-likeness (QED) is 0.856. The summed E-state index contributed by atoms with van der Waals surface area (Å²) in [6.45, 7) is 1.94. The molecule has 1 aromatic heterocycles. The van der Waals surface area contributed by atoms with Crippen molar-refractivity contribution in [1.82, 2.24) is 4.98 Å². The van der Waals surface area contributed by atoms with Crippen LogP contribution in [0.15, 0.2) is 18.3 Å². The minimum Gasteiger partial charge on any atom is -0.474 e. The number of nitrogen functional groups attached to an aromatic ring is 1. The van der Waals surface area contributed by atoms with Crippen molar-refractivity contribution in [3.8, 4) is 5.88 Å². The van der Waals surface area contributed by atoms with Crippen LogP contribution in [-0.4, -0.2) is 24.2 Å². The van der Waals surface area contributed by atoms with Crippen LogP contribution < -0.4 is 10.5 Å². The summed E-state index contributed by atoms with van der Waals surface area (Å²) in [7, 11) is 1.44. The smallest absolute Gasteiger partial charge is 0.308 e. The molecule has 0 spiro atoms. The number of ether oxygens (including phenoxy) is 2. The zero-order valence-corrected chi connectivity index (χ0v) is 12.0. The zero-order valence-electron chi connectivity index (χ0n) is 12.0. The number of nitrogens with two attached hydrogens (primary N) is 1. The van der Waals surface area contributed by atoms with E-state index in [9.17, 15) is 4.79 Å². The number of esters is 1. The van der Waals surface area contributed by atoms with Crippen molar-refractivity contribution >= 4 is 11.7 Å². The molecule has 1 aliphatic rings. The fourth-order valence-electron chi connectivity index (χ4n) is 2.72. The number of methoxy groups -OCH3 is 1. The van der Waals surface area contributed by atoms with E-state index in [0.29, 0.717) is 17.5 Å². The van der Waals surface area contributed by atoms with Gasteiger partial charge < -0.3 is 15.2 Å². The Morgan fingerprint density at radius 2 is 2.05 bits per heavy atom. The number of anilines is 1. The first kappa shape index (κ1) is 14.6. The molecule has 1 aliphatic carbocycles. The molecule has 1 saturated carbocycles. The van der Waals surface area contributed by atoms with E-state index in [1.807, 2.05) is 6.92 Å². The van der Waals surface area contributed by atoms with E-state index in [2.05, 4.69) is 4.98 Å². The van der Waals surface area contributed by atoms with Crippen molar-refractivity contribution in [2.45, 2.75) is 38.7 Å². The van der Waals surface area contributed by atoms with Crippen LogP contribution in [0.2, 0.25) is 0 Å². The highest BCUT2D eigenvalue weighted by molar-refractivity contribution is 5.72. The predicted octanol–water partition coefficient (Wildman–Crippen LogP) is 2.41. The van der Waals surface area contributed by atoms with Crippen LogP contribution in [0.25, 0.3) is 0 Å². The third-order valence-corrected chi connectivity index (χ3v) is 4.05. The maximum atomic E-state index is 11.5. The van der Waals surface area contributed by atoms with Gasteiger partial charge in [0, 0.05) is 6.07 Å². The van der Waals surface area contributed by atoms with Gasteiger partial charge in [0.05, 0.1) is 24.9 Å². The average molecular weight is 278 g/mol. The molecule has 0 saturated heterocycles. The number of carbonyl (C=O) groups excluding carboxylic acids is 1. The molecule has 1 aromatic rings. The summed E-state index contributed by atoms with van der Waals surface area (Å²) in [6.07, 6.45) is 5.62. The number of hydrogen-bond donors (Lipinski definition) is 1. The lowest BCUT2D eigenvalue weighted by atomic mass is 9.80. The molecule has 2 rings (SSSR count). The molecule has 0 radical (unpaired) electrons. The van der Waals surface area contributed by atoms with Crippen molar-refractivity contribution < 1.29 is 14.3 Å². The van der Waals surface area contributed by atoms with Crippen LogP contribution in [0, 0.1) is 11.8 Å². The largest absolute Gasteiger partial charge is 0.474 e. The van der Waals surface area contributed by atoms with Gasteiger partial charge in [-0.25, -0.2) is 4.98 Å². The first-order valence-electron chi connectivity index (χ1n) is 7.06. The number of aromatic nitrogens is 1. The van der Waals surface area contributed by atoms with E-state index < -0.39 is 0 Å². The SMILES string of the molecule is COC(=O)C(C)C1CCC(Oc2ccc(N)cn2)CC1. The van der Waals surface area contributed by atoms with Gasteiger partial charge in [0.2, 0.25) is 5.88 Å². The molecule has 1 fully saturated rings. The van der Waals surface area contributed by atoms with Crippen molar-refractivity contribution in [3.63, 3.8) is 0 Å². The highest BCUT2D eigenvalue weighted by Crippen LogP contribution is 2.32. The number of hydrogen-bond acceptors (Lipinski definition) is 5. The van der Waals surface area contributed by atoms with Gasteiger partial charge in [0.1, 0.15) is 6.10 Å². The van der Waals surface area contributed by atoms with E-state index in [1.165, 1.54) is 7.11 Å². The standard InChI is InChI=1S/C15H22N2O3/c1-10(15(18)19-2)11-3-6-13(7-4-11)20-14-8-5-12(16)9-17-14/h5,8-11,13H,3-4,6-7,16H2,1-2H3. The van der Waals surface area contributed by atoms with E-state index in [1.54, 1.807) is 18.3 Å². The van der Waals surface area contributed by atoms with Crippen molar-refractivity contribution in [1.29, 1.82) is 0 Å². The maximum absolute atomic E-state index is 11.5. The van der Waals surface area contributed by atoms with Crippen molar-refractivity contribution in [3.05, 3.63) is 18.3 Å². The zero-order chi connectivity index (χ0) is 14.5. The van der Waals surface area contributed by atoms with Gasteiger partial charge in [-0.1, -0.05) is 6.92 Å². The molecule has 0 amide bonds. The molecular weight excluding hydrogens is 256 g/mol. The second kappa shape index (κ2) is 6.59. The molecule has 1 unspecified atom stereocenters. The van der Waals surface area contributed by atoms with Gasteiger partial charge in [0.25, 0.3) is 0 Å². The predicted molar refractivity (Wildman–Crippen MR) is 76.2 cm³/mol. The number of pyridine rings is 1. The number of nitrogens with zero attached hydrogens (tertiary/aromatic N) is 1. The Morgan fingerprint density at radius 1 is 1.35 bits per heavy atom. The monoisotopic (exact) mass is 278 g/mol. The average Bonchev–Trinajstić information content (AvgIpc) is 2.49. The topological polar surface area (TPSA) is 74.4 Å². The van der Waals surface area contributed by atoms with Gasteiger partial charge in [-0.2, -0.15) is 0 Å². The molecule has 1 atom stereocenters. The summed E-state index contributed by atoms with van der Waals surface area (Å²) in [5, 5.41) is 0. The molecule has 110 valence electrons. The molecule has 1 heterocycles. The second-order valence-electron chi connectivity index (χ2n) is 5.40. The summed E-state index contributed by atoms with van der Waals surface area (Å²) in [6, 6.07) is 3.58. The Bertz CT molecular complexity index is 439. The molecule has 0 aliphatic heterocycles. The summed E-state index contributed by atoms with van der Waals surface area (Å²) >= 11 is 0. The maximum Gasteiger partial charge on any atom is 0.308 e. The van der Waals surface area contributed by atoms with Crippen LogP contribution in [0.1, 0.15) is 32.6 Å². The Hall–Kier alpha value is -1.78. The van der Waals surface area contributed by atoms with Gasteiger partial charge in [-0.15, -0.1) is 0 Å². The van der Waals surface area contributed by atoms with E-state index in [4.69, 9.17) is 15.2 Å². The van der Waals surface area contributed by atoms with Crippen molar-refractivity contribution in [2.75, 3.05) is 12.8 Å². The summed E-state index contributed by atoms with van der Waals surface area (Å²) < 4.78 is 10.6. The minimum atomic E-state index is -0.116. The Balaban J connectivity index is 1.82. The van der Waals surface area contributed by atoms with Crippen LogP contribution in [0.3, 0.4) is 0 Å². The Labute approximate surface area is 119 Å². The highest BCUT2D eigenvalue weighted by atomic mass is 16.5. The Morgan fingerprint density at radius 3 is 2.60 bits per heavy atom. The van der Waals surface area contributed by atoms with Gasteiger partial charge >= 0.3 is 5.97 Å². The van der Waals surface area contributed by atoms with Crippen LogP contribution >= 0.6 is 0 Å². The minimum absolute atomic E-state index is 0.0319. The van der Waals surface area contributed by atoms with Gasteiger partial charge in [-0.3, -0.25) is 4.79 Å². The third kappa shape index (κ3) is 3.62.